The number of amides is 2. The lowest BCUT2D eigenvalue weighted by atomic mass is 9.84. The number of ether oxygens (including phenoxy) is 1. The van der Waals surface area contributed by atoms with Crippen molar-refractivity contribution in [1.29, 1.82) is 0 Å². The van der Waals surface area contributed by atoms with Gasteiger partial charge >= 0.3 is 0 Å². The summed E-state index contributed by atoms with van der Waals surface area (Å²) in [5.74, 6) is -0.334. The molecule has 2 heterocycles. The Balaban J connectivity index is 1.51. The summed E-state index contributed by atoms with van der Waals surface area (Å²) in [6.07, 6.45) is 4.29. The van der Waals surface area contributed by atoms with Crippen LogP contribution in [-0.4, -0.2) is 62.7 Å². The Hall–Kier alpha value is -1.91. The number of sulfone groups is 1. The third kappa shape index (κ3) is 4.65. The van der Waals surface area contributed by atoms with E-state index in [0.717, 1.165) is 24.7 Å². The Morgan fingerprint density at radius 3 is 2.55 bits per heavy atom. The van der Waals surface area contributed by atoms with Crippen molar-refractivity contribution in [2.45, 2.75) is 47.3 Å². The summed E-state index contributed by atoms with van der Waals surface area (Å²) in [5, 5.41) is 6.08. The van der Waals surface area contributed by atoms with Gasteiger partial charge in [0.2, 0.25) is 11.8 Å². The number of carbonyl (C=O) groups is 2. The maximum absolute atomic E-state index is 13.3. The molecule has 10 heteroatoms. The van der Waals surface area contributed by atoms with Crippen molar-refractivity contribution in [1.82, 2.24) is 10.6 Å². The highest BCUT2D eigenvalue weighted by molar-refractivity contribution is 8.16. The van der Waals surface area contributed by atoms with Gasteiger partial charge in [0, 0.05) is 26.5 Å². The molecule has 168 valence electrons. The molecule has 2 N–H and O–H groups in total. The molecule has 31 heavy (non-hydrogen) atoms. The highest BCUT2D eigenvalue weighted by Gasteiger charge is 2.65. The number of thioether (sulfide) groups is 1. The van der Waals surface area contributed by atoms with Gasteiger partial charge in [-0.15, -0.1) is 0 Å². The van der Waals surface area contributed by atoms with Gasteiger partial charge in [-0.3, -0.25) is 14.6 Å². The summed E-state index contributed by atoms with van der Waals surface area (Å²) < 4.78 is 28.5. The van der Waals surface area contributed by atoms with Crippen molar-refractivity contribution in [3.05, 3.63) is 29.8 Å². The zero-order valence-corrected chi connectivity index (χ0v) is 19.2. The molecule has 8 nitrogen and oxygen atoms in total. The fourth-order valence-corrected chi connectivity index (χ4v) is 6.17. The van der Waals surface area contributed by atoms with E-state index in [4.69, 9.17) is 4.74 Å². The minimum Gasteiger partial charge on any atom is -0.381 e. The number of carbonyl (C=O) groups excluding carboxylic acids is 2. The van der Waals surface area contributed by atoms with Crippen LogP contribution in [0.4, 0.5) is 0 Å². The van der Waals surface area contributed by atoms with Crippen LogP contribution in [0.5, 0.6) is 0 Å². The summed E-state index contributed by atoms with van der Waals surface area (Å²) in [6, 6.07) is 6.44. The number of amidine groups is 1. The lowest BCUT2D eigenvalue weighted by molar-refractivity contribution is -0.122. The minimum atomic E-state index is -3.31. The van der Waals surface area contributed by atoms with Crippen LogP contribution in [0.15, 0.2) is 34.2 Å². The normalized spacial score (nSPS) is 26.5. The molecule has 3 aliphatic rings. The van der Waals surface area contributed by atoms with Crippen LogP contribution in [0.2, 0.25) is 0 Å². The zero-order chi connectivity index (χ0) is 22.2. The number of nitrogens with one attached hydrogen (secondary N) is 2. The molecule has 0 bridgehead atoms. The number of rotatable bonds is 6. The highest BCUT2D eigenvalue weighted by Crippen LogP contribution is 2.56. The fourth-order valence-electron chi connectivity index (χ4n) is 4.24. The molecule has 3 atom stereocenters. The summed E-state index contributed by atoms with van der Waals surface area (Å²) in [5.41, 5.74) is 0.770. The second-order valence-corrected chi connectivity index (χ2v) is 11.7. The average molecular weight is 466 g/mol. The Kier molecular flexibility index (Phi) is 6.15. The molecule has 0 spiro atoms. The Labute approximate surface area is 186 Å². The van der Waals surface area contributed by atoms with Crippen molar-refractivity contribution in [3.8, 4) is 0 Å². The van der Waals surface area contributed by atoms with Gasteiger partial charge in [-0.25, -0.2) is 8.42 Å². The number of aliphatic imine (C=N–C) groups is 1. The molecule has 2 aliphatic heterocycles. The molecule has 2 amide bonds. The van der Waals surface area contributed by atoms with E-state index in [0.29, 0.717) is 37.1 Å². The second kappa shape index (κ2) is 8.55. The van der Waals surface area contributed by atoms with E-state index < -0.39 is 20.5 Å². The third-order valence-corrected chi connectivity index (χ3v) is 8.72. The fraction of sp³-hybridized carbons (Fsp3) is 0.571. The number of hydrogen-bond donors (Lipinski definition) is 2. The third-order valence-electron chi connectivity index (χ3n) is 6.21. The Bertz CT molecular complexity index is 1000. The summed E-state index contributed by atoms with van der Waals surface area (Å²) in [6.45, 7) is 1.37. The quantitative estimate of drug-likeness (QED) is 0.658. The molecule has 3 unspecified atom stereocenters. The highest BCUT2D eigenvalue weighted by atomic mass is 32.2. The zero-order valence-electron chi connectivity index (χ0n) is 17.6. The standard InChI is InChI=1S/C21H27N3O5S2/c1-22-19(26)21-12-17(21)23-20(30-21)24-18(25)16(11-13-7-9-29-10-8-13)14-3-5-15(6-4-14)31(2,27)28/h3-6,13,16-17H,7-12H2,1-2H3,(H,22,26)(H,23,24,25). The van der Waals surface area contributed by atoms with Gasteiger partial charge < -0.3 is 15.4 Å². The number of benzene rings is 1. The van der Waals surface area contributed by atoms with Gasteiger partial charge in [0.15, 0.2) is 15.0 Å². The van der Waals surface area contributed by atoms with Gasteiger partial charge in [-0.05, 0) is 49.3 Å². The van der Waals surface area contributed by atoms with Crippen LogP contribution in [-0.2, 0) is 24.2 Å². The van der Waals surface area contributed by atoms with Crippen molar-refractivity contribution in [2.24, 2.45) is 10.9 Å². The van der Waals surface area contributed by atoms with E-state index in [1.165, 1.54) is 11.8 Å². The first-order chi connectivity index (χ1) is 14.7. The molecule has 0 radical (unpaired) electrons. The van der Waals surface area contributed by atoms with E-state index in [9.17, 15) is 18.0 Å². The molecular weight excluding hydrogens is 438 g/mol. The van der Waals surface area contributed by atoms with Crippen molar-refractivity contribution >= 4 is 38.6 Å². The number of fused-ring (bicyclic) bond motifs is 1. The van der Waals surface area contributed by atoms with E-state index >= 15 is 0 Å². The lowest BCUT2D eigenvalue weighted by Crippen LogP contribution is -2.37. The van der Waals surface area contributed by atoms with Crippen LogP contribution in [0.3, 0.4) is 0 Å². The lowest BCUT2D eigenvalue weighted by Gasteiger charge is -2.26. The molecule has 1 saturated carbocycles. The molecule has 1 aliphatic carbocycles. The predicted octanol–water partition coefficient (Wildman–Crippen LogP) is 1.47. The Morgan fingerprint density at radius 1 is 1.26 bits per heavy atom. The summed E-state index contributed by atoms with van der Waals surface area (Å²) in [7, 11) is -1.70. The summed E-state index contributed by atoms with van der Waals surface area (Å²) >= 11 is 1.32. The van der Waals surface area contributed by atoms with Crippen molar-refractivity contribution in [2.75, 3.05) is 26.5 Å². The van der Waals surface area contributed by atoms with E-state index in [1.54, 1.807) is 31.3 Å². The molecule has 4 rings (SSSR count). The first-order valence-electron chi connectivity index (χ1n) is 10.4. The molecule has 0 aromatic heterocycles. The first kappa shape index (κ1) is 22.3. The number of nitrogens with zero attached hydrogens (tertiary/aromatic N) is 1. The molecular formula is C21H27N3O5S2. The SMILES string of the molecule is CNC(=O)C12CC1N=C(NC(=O)C(CC1CCOCC1)c1ccc(S(C)(=O)=O)cc1)S2. The van der Waals surface area contributed by atoms with Crippen LogP contribution in [0.1, 0.15) is 37.2 Å². The van der Waals surface area contributed by atoms with Gasteiger partial charge in [-0.1, -0.05) is 23.9 Å². The van der Waals surface area contributed by atoms with Crippen LogP contribution in [0.25, 0.3) is 0 Å². The minimum absolute atomic E-state index is 0.0642. The first-order valence-corrected chi connectivity index (χ1v) is 13.1. The van der Waals surface area contributed by atoms with Gasteiger partial charge in [-0.2, -0.15) is 0 Å². The summed E-state index contributed by atoms with van der Waals surface area (Å²) in [4.78, 5) is 30.2. The maximum Gasteiger partial charge on any atom is 0.238 e. The second-order valence-electron chi connectivity index (χ2n) is 8.40. The predicted molar refractivity (Wildman–Crippen MR) is 119 cm³/mol. The molecule has 1 saturated heterocycles. The van der Waals surface area contributed by atoms with Gasteiger partial charge in [0.1, 0.15) is 4.75 Å². The average Bonchev–Trinajstić information content (AvgIpc) is 3.33. The van der Waals surface area contributed by atoms with Gasteiger partial charge in [0.25, 0.3) is 0 Å². The van der Waals surface area contributed by atoms with E-state index in [2.05, 4.69) is 15.6 Å². The van der Waals surface area contributed by atoms with E-state index in [-0.39, 0.29) is 22.8 Å². The molecule has 1 aromatic carbocycles. The molecule has 2 fully saturated rings. The van der Waals surface area contributed by atoms with Crippen molar-refractivity contribution in [3.63, 3.8) is 0 Å². The van der Waals surface area contributed by atoms with E-state index in [1.807, 2.05) is 0 Å². The van der Waals surface area contributed by atoms with Crippen LogP contribution >= 0.6 is 11.8 Å². The van der Waals surface area contributed by atoms with Crippen LogP contribution < -0.4 is 10.6 Å². The number of hydrogen-bond acceptors (Lipinski definition) is 7. The maximum atomic E-state index is 13.3. The smallest absolute Gasteiger partial charge is 0.238 e. The van der Waals surface area contributed by atoms with Crippen LogP contribution in [0, 0.1) is 5.92 Å². The molecule has 1 aromatic rings. The topological polar surface area (TPSA) is 114 Å². The largest absolute Gasteiger partial charge is 0.381 e. The van der Waals surface area contributed by atoms with Gasteiger partial charge in [0.05, 0.1) is 16.9 Å². The Morgan fingerprint density at radius 2 is 1.94 bits per heavy atom. The van der Waals surface area contributed by atoms with Crippen molar-refractivity contribution < 1.29 is 22.7 Å². The monoisotopic (exact) mass is 465 g/mol.